The zero-order valence-electron chi connectivity index (χ0n) is 37.4. The lowest BCUT2D eigenvalue weighted by atomic mass is 9.77. The lowest BCUT2D eigenvalue weighted by Gasteiger charge is -2.59. The fourth-order valence-corrected chi connectivity index (χ4v) is 13.1. The highest BCUT2D eigenvalue weighted by molar-refractivity contribution is 8.17. The van der Waals surface area contributed by atoms with Crippen LogP contribution in [0.5, 0.6) is 0 Å². The monoisotopic (exact) mass is 953 g/mol. The van der Waals surface area contributed by atoms with Gasteiger partial charge in [-0.3, -0.25) is 14.4 Å². The molecule has 4 unspecified atom stereocenters. The van der Waals surface area contributed by atoms with Crippen LogP contribution in [0.15, 0.2) is 162 Å². The molecule has 9 rings (SSSR count). The summed E-state index contributed by atoms with van der Waals surface area (Å²) >= 11 is 4.27. The highest BCUT2D eigenvalue weighted by Gasteiger charge is 2.66. The highest BCUT2D eigenvalue weighted by Crippen LogP contribution is 2.55. The zero-order chi connectivity index (χ0) is 46.6. The zero-order valence-corrected chi connectivity index (χ0v) is 39.9. The summed E-state index contributed by atoms with van der Waals surface area (Å²) in [6, 6.07) is 48.8. The minimum absolute atomic E-state index is 0.0172. The third kappa shape index (κ3) is 8.98. The number of carbonyl (C=O) groups excluding carboxylic acids is 3. The van der Waals surface area contributed by atoms with Crippen LogP contribution in [0.1, 0.15) is 59.9 Å². The molecule has 12 nitrogen and oxygen atoms in total. The Morgan fingerprint density at radius 1 is 0.851 bits per heavy atom. The molecule has 0 saturated carbocycles. The van der Waals surface area contributed by atoms with E-state index in [-0.39, 0.29) is 23.9 Å². The molecule has 3 fully saturated rings. The van der Waals surface area contributed by atoms with Gasteiger partial charge in [0, 0.05) is 11.9 Å². The number of β-lactam (4-membered cyclic amide) rings is 1. The van der Waals surface area contributed by atoms with E-state index in [0.717, 1.165) is 27.8 Å². The van der Waals surface area contributed by atoms with E-state index in [0.29, 0.717) is 18.2 Å². The number of anilines is 1. The van der Waals surface area contributed by atoms with Crippen LogP contribution in [0.4, 0.5) is 5.13 Å². The number of rotatable bonds is 15. The summed E-state index contributed by atoms with van der Waals surface area (Å²) < 4.78 is 18.8. The molecule has 6 aromatic rings. The van der Waals surface area contributed by atoms with E-state index < -0.39 is 56.8 Å². The molecule has 1 aromatic heterocycles. The van der Waals surface area contributed by atoms with Gasteiger partial charge in [-0.05, 0) is 54.3 Å². The molecule has 67 heavy (non-hydrogen) atoms. The first-order valence-electron chi connectivity index (χ1n) is 22.0. The molecule has 0 bridgehead atoms. The van der Waals surface area contributed by atoms with Crippen LogP contribution in [-0.2, 0) is 39.0 Å². The van der Waals surface area contributed by atoms with Gasteiger partial charge in [-0.15, -0.1) is 34.9 Å². The molecule has 3 aliphatic heterocycles. The van der Waals surface area contributed by atoms with Crippen LogP contribution in [0, 0.1) is 5.41 Å². The number of thioether (sulfide) groups is 2. The molecule has 3 saturated heterocycles. The average molecular weight is 954 g/mol. The van der Waals surface area contributed by atoms with Crippen molar-refractivity contribution in [2.45, 2.75) is 59.8 Å². The normalized spacial score (nSPS) is 22.6. The van der Waals surface area contributed by atoms with E-state index in [1.165, 1.54) is 42.0 Å². The minimum Gasteiger partial charge on any atom is -0.452 e. The second-order valence-electron chi connectivity index (χ2n) is 16.9. The Balaban J connectivity index is 0.984. The van der Waals surface area contributed by atoms with E-state index in [1.54, 1.807) is 10.3 Å². The number of nitrogens with one attached hydrogen (secondary N) is 2. The van der Waals surface area contributed by atoms with Gasteiger partial charge in [-0.1, -0.05) is 157 Å². The van der Waals surface area contributed by atoms with Crippen LogP contribution in [0.25, 0.3) is 0 Å². The number of hydrogen-bond donors (Lipinski definition) is 2. The first-order valence-corrected chi connectivity index (χ1v) is 25.1. The van der Waals surface area contributed by atoms with E-state index in [2.05, 4.69) is 52.2 Å². The van der Waals surface area contributed by atoms with Crippen molar-refractivity contribution in [3.8, 4) is 0 Å². The Kier molecular flexibility index (Phi) is 13.6. The number of ether oxygens (including phenoxy) is 3. The summed E-state index contributed by atoms with van der Waals surface area (Å²) in [7, 11) is 1.36. The Morgan fingerprint density at radius 3 is 1.90 bits per heavy atom. The van der Waals surface area contributed by atoms with Crippen molar-refractivity contribution >= 4 is 63.5 Å². The summed E-state index contributed by atoms with van der Waals surface area (Å²) in [5, 5.41) is 12.6. The van der Waals surface area contributed by atoms with Gasteiger partial charge >= 0.3 is 5.97 Å². The van der Waals surface area contributed by atoms with Crippen molar-refractivity contribution in [3.63, 3.8) is 0 Å². The van der Waals surface area contributed by atoms with Crippen molar-refractivity contribution in [2.75, 3.05) is 31.8 Å². The Bertz CT molecular complexity index is 2560. The standard InChI is InChI=1S/C52H51N5O7S3/c1-50(2)62-31-30-40(64-50)51(47(60)63-43(34-20-10-5-11-21-34)35-22-12-6-13-23-35)33-57-45(59)42(46(57)67-48(51)65-4)54-44(58)41(56-61-3)39-32-66-49(53-39)55-52(36-24-14-7-15-25-36,37-26-16-8-17-27-37)38-28-18-9-19-29-38/h5-29,32,40,42-43,46,48H,30-31,33H2,1-4H3,(H,53,55)(H,54,58)/t40?,42?,46-,48?,51?/m1/s1. The maximum absolute atomic E-state index is 15.2. The topological polar surface area (TPSA) is 141 Å². The molecule has 5 atom stereocenters. The van der Waals surface area contributed by atoms with E-state index >= 15 is 4.79 Å². The predicted octanol–water partition coefficient (Wildman–Crippen LogP) is 8.85. The summed E-state index contributed by atoms with van der Waals surface area (Å²) in [6.07, 6.45) is 0.990. The smallest absolute Gasteiger partial charge is 0.319 e. The number of carbonyl (C=O) groups is 3. The average Bonchev–Trinajstić information content (AvgIpc) is 3.83. The number of aromatic nitrogens is 1. The van der Waals surface area contributed by atoms with Crippen LogP contribution in [0.3, 0.4) is 0 Å². The summed E-state index contributed by atoms with van der Waals surface area (Å²) in [5.41, 5.74) is 2.62. The number of thiazole rings is 1. The van der Waals surface area contributed by atoms with Gasteiger partial charge in [0.25, 0.3) is 5.91 Å². The minimum atomic E-state index is -1.31. The van der Waals surface area contributed by atoms with Gasteiger partial charge in [0.15, 0.2) is 22.7 Å². The van der Waals surface area contributed by atoms with Gasteiger partial charge in [0.2, 0.25) is 5.91 Å². The number of fused-ring (bicyclic) bond motifs is 1. The number of amides is 2. The summed E-state index contributed by atoms with van der Waals surface area (Å²) in [5.74, 6) is -2.43. The molecule has 4 heterocycles. The quantitative estimate of drug-likeness (QED) is 0.0336. The van der Waals surface area contributed by atoms with Gasteiger partial charge in [-0.25, -0.2) is 4.98 Å². The molecule has 0 spiro atoms. The maximum atomic E-state index is 15.2. The van der Waals surface area contributed by atoms with Gasteiger partial charge in [0.05, 0.1) is 17.3 Å². The number of nitrogens with zero attached hydrogens (tertiary/aromatic N) is 3. The third-order valence-electron chi connectivity index (χ3n) is 12.5. The van der Waals surface area contributed by atoms with Gasteiger partial charge < -0.3 is 34.6 Å². The first-order chi connectivity index (χ1) is 32.6. The number of oxime groups is 1. The van der Waals surface area contributed by atoms with Crippen LogP contribution in [-0.4, -0.2) is 87.8 Å². The fraction of sp³-hybridized carbons (Fsp3) is 0.288. The van der Waals surface area contributed by atoms with Crippen molar-refractivity contribution in [3.05, 3.63) is 191 Å². The Morgan fingerprint density at radius 2 is 1.39 bits per heavy atom. The molecule has 344 valence electrons. The van der Waals surface area contributed by atoms with Crippen LogP contribution < -0.4 is 10.6 Å². The fourth-order valence-electron chi connectivity index (χ4n) is 9.29. The first kappa shape index (κ1) is 46.2. The molecule has 0 aliphatic carbocycles. The van der Waals surface area contributed by atoms with E-state index in [4.69, 9.17) is 24.0 Å². The summed E-state index contributed by atoms with van der Waals surface area (Å²) in [6.45, 7) is 4.03. The molecule has 2 amide bonds. The van der Waals surface area contributed by atoms with Crippen molar-refractivity contribution in [1.29, 1.82) is 0 Å². The third-order valence-corrected chi connectivity index (χ3v) is 16.4. The Labute approximate surface area is 402 Å². The van der Waals surface area contributed by atoms with E-state index in [9.17, 15) is 9.59 Å². The van der Waals surface area contributed by atoms with Crippen molar-refractivity contribution < 1.29 is 33.4 Å². The van der Waals surface area contributed by atoms with Crippen LogP contribution >= 0.6 is 34.9 Å². The second-order valence-corrected chi connectivity index (χ2v) is 20.3. The SMILES string of the molecule is CON=C(C(=O)NC1C(=O)N2CC(C(=O)OC(c3ccccc3)c3ccccc3)(C3CCOC(C)(C)O3)C(SC)S[C@H]12)c1csc(NC(c2ccccc2)(c2ccccc2)c2ccccc2)n1. The molecular weight excluding hydrogens is 903 g/mol. The van der Waals surface area contributed by atoms with E-state index in [1.807, 2.05) is 135 Å². The number of benzene rings is 5. The Hall–Kier alpha value is -5.97. The van der Waals surface area contributed by atoms with Crippen molar-refractivity contribution in [1.82, 2.24) is 15.2 Å². The van der Waals surface area contributed by atoms with Gasteiger partial charge in [0.1, 0.15) is 35.2 Å². The van der Waals surface area contributed by atoms with Crippen molar-refractivity contribution in [2.24, 2.45) is 10.6 Å². The molecule has 0 radical (unpaired) electrons. The molecular formula is C52H51N5O7S3. The maximum Gasteiger partial charge on any atom is 0.319 e. The summed E-state index contributed by atoms with van der Waals surface area (Å²) in [4.78, 5) is 55.7. The van der Waals surface area contributed by atoms with Gasteiger partial charge in [-0.2, -0.15) is 0 Å². The molecule has 15 heteroatoms. The largest absolute Gasteiger partial charge is 0.452 e. The lowest BCUT2D eigenvalue weighted by molar-refractivity contribution is -0.294. The molecule has 3 aliphatic rings. The number of hydrogen-bond acceptors (Lipinski definition) is 13. The van der Waals surface area contributed by atoms with Crippen LogP contribution in [0.2, 0.25) is 0 Å². The highest BCUT2D eigenvalue weighted by atomic mass is 32.2. The lowest BCUT2D eigenvalue weighted by Crippen LogP contribution is -2.77. The molecule has 5 aromatic carbocycles. The predicted molar refractivity (Wildman–Crippen MR) is 264 cm³/mol. The second kappa shape index (κ2) is 19.7. The number of esters is 1. The molecule has 2 N–H and O–H groups in total.